The molecule has 0 aliphatic carbocycles. The van der Waals surface area contributed by atoms with Gasteiger partial charge in [0.1, 0.15) is 5.75 Å². The van der Waals surface area contributed by atoms with E-state index in [9.17, 15) is 4.79 Å². The van der Waals surface area contributed by atoms with Gasteiger partial charge in [0.2, 0.25) is 0 Å². The molecule has 0 heterocycles. The van der Waals surface area contributed by atoms with Crippen LogP contribution >= 0.6 is 0 Å². The molecular weight excluding hydrogens is 230 g/mol. The quantitative estimate of drug-likeness (QED) is 0.727. The summed E-state index contributed by atoms with van der Waals surface area (Å²) in [7, 11) is 5.03. The predicted molar refractivity (Wildman–Crippen MR) is 71.2 cm³/mol. The topological polar surface area (TPSA) is 38.8 Å². The number of rotatable bonds is 6. The average molecular weight is 251 g/mol. The highest BCUT2D eigenvalue weighted by atomic mass is 16.5. The minimum absolute atomic E-state index is 0.0216. The van der Waals surface area contributed by atoms with Crippen LogP contribution in [0.1, 0.15) is 22.3 Å². The van der Waals surface area contributed by atoms with Gasteiger partial charge in [-0.25, -0.2) is 0 Å². The van der Waals surface area contributed by atoms with E-state index in [0.717, 1.165) is 12.0 Å². The largest absolute Gasteiger partial charge is 0.496 e. The normalized spacial score (nSPS) is 10.2. The first-order valence-corrected chi connectivity index (χ1v) is 5.99. The van der Waals surface area contributed by atoms with Gasteiger partial charge in [-0.3, -0.25) is 4.79 Å². The summed E-state index contributed by atoms with van der Waals surface area (Å²) in [6.45, 7) is 3.29. The first-order valence-electron chi connectivity index (χ1n) is 5.99. The van der Waals surface area contributed by atoms with E-state index in [1.54, 1.807) is 26.2 Å². The summed E-state index contributed by atoms with van der Waals surface area (Å²) in [6, 6.07) is 5.61. The Hall–Kier alpha value is -1.55. The van der Waals surface area contributed by atoms with Gasteiger partial charge in [0.25, 0.3) is 5.91 Å². The maximum atomic E-state index is 12.3. The van der Waals surface area contributed by atoms with Crippen LogP contribution in [0.4, 0.5) is 0 Å². The van der Waals surface area contributed by atoms with E-state index in [0.29, 0.717) is 24.5 Å². The molecular formula is C14H21NO3. The van der Waals surface area contributed by atoms with Crippen LogP contribution in [0.2, 0.25) is 0 Å². The zero-order chi connectivity index (χ0) is 13.5. The molecule has 0 atom stereocenters. The van der Waals surface area contributed by atoms with Crippen LogP contribution in [0, 0.1) is 6.92 Å². The fourth-order valence-electron chi connectivity index (χ4n) is 1.74. The standard InChI is InChI=1S/C14H21NO3/c1-11-6-7-13(18-4)12(10-11)14(16)15(2)8-5-9-17-3/h6-7,10H,5,8-9H2,1-4H3. The minimum Gasteiger partial charge on any atom is -0.496 e. The number of methoxy groups -OCH3 is 2. The van der Waals surface area contributed by atoms with Crippen molar-refractivity contribution in [3.8, 4) is 5.75 Å². The Labute approximate surface area is 108 Å². The molecule has 0 bridgehead atoms. The van der Waals surface area contributed by atoms with Crippen LogP contribution in [0.5, 0.6) is 5.75 Å². The van der Waals surface area contributed by atoms with Crippen molar-refractivity contribution in [3.05, 3.63) is 29.3 Å². The van der Waals surface area contributed by atoms with E-state index >= 15 is 0 Å². The van der Waals surface area contributed by atoms with E-state index in [1.165, 1.54) is 0 Å². The average Bonchev–Trinajstić information content (AvgIpc) is 2.38. The lowest BCUT2D eigenvalue weighted by Crippen LogP contribution is -2.28. The number of amides is 1. The summed E-state index contributed by atoms with van der Waals surface area (Å²) in [5, 5.41) is 0. The monoisotopic (exact) mass is 251 g/mol. The fourth-order valence-corrected chi connectivity index (χ4v) is 1.74. The van der Waals surface area contributed by atoms with Crippen LogP contribution in [0.3, 0.4) is 0 Å². The Morgan fingerprint density at radius 2 is 2.06 bits per heavy atom. The molecule has 1 rings (SSSR count). The molecule has 0 saturated carbocycles. The van der Waals surface area contributed by atoms with Crippen molar-refractivity contribution >= 4 is 5.91 Å². The van der Waals surface area contributed by atoms with Crippen molar-refractivity contribution in [2.45, 2.75) is 13.3 Å². The molecule has 1 aromatic carbocycles. The lowest BCUT2D eigenvalue weighted by Gasteiger charge is -2.18. The molecule has 0 radical (unpaired) electrons. The highest BCUT2D eigenvalue weighted by Gasteiger charge is 2.16. The molecule has 100 valence electrons. The zero-order valence-corrected chi connectivity index (χ0v) is 11.5. The summed E-state index contributed by atoms with van der Waals surface area (Å²) < 4.78 is 10.2. The van der Waals surface area contributed by atoms with E-state index in [-0.39, 0.29) is 5.91 Å². The molecule has 0 fully saturated rings. The highest BCUT2D eigenvalue weighted by molar-refractivity contribution is 5.97. The van der Waals surface area contributed by atoms with Crippen molar-refractivity contribution in [2.75, 3.05) is 34.4 Å². The summed E-state index contributed by atoms with van der Waals surface area (Å²) in [5.74, 6) is 0.593. The Bertz CT molecular complexity index is 404. The second-order valence-corrected chi connectivity index (χ2v) is 4.28. The van der Waals surface area contributed by atoms with Crippen molar-refractivity contribution in [3.63, 3.8) is 0 Å². The number of hydrogen-bond acceptors (Lipinski definition) is 3. The van der Waals surface area contributed by atoms with Crippen molar-refractivity contribution in [1.29, 1.82) is 0 Å². The summed E-state index contributed by atoms with van der Waals surface area (Å²) >= 11 is 0. The summed E-state index contributed by atoms with van der Waals surface area (Å²) in [5.41, 5.74) is 1.65. The molecule has 0 saturated heterocycles. The number of hydrogen-bond donors (Lipinski definition) is 0. The molecule has 18 heavy (non-hydrogen) atoms. The predicted octanol–water partition coefficient (Wildman–Crippen LogP) is 2.11. The van der Waals surface area contributed by atoms with Gasteiger partial charge >= 0.3 is 0 Å². The lowest BCUT2D eigenvalue weighted by atomic mass is 10.1. The molecule has 0 aliphatic heterocycles. The lowest BCUT2D eigenvalue weighted by molar-refractivity contribution is 0.0776. The molecule has 1 aromatic rings. The van der Waals surface area contributed by atoms with E-state index in [2.05, 4.69) is 0 Å². The Balaban J connectivity index is 2.79. The molecule has 4 nitrogen and oxygen atoms in total. The first-order chi connectivity index (χ1) is 8.60. The maximum absolute atomic E-state index is 12.3. The van der Waals surface area contributed by atoms with Crippen LogP contribution in [-0.2, 0) is 4.74 Å². The smallest absolute Gasteiger partial charge is 0.257 e. The van der Waals surface area contributed by atoms with Crippen LogP contribution in [0.25, 0.3) is 0 Å². The second kappa shape index (κ2) is 7.01. The number of carbonyl (C=O) groups excluding carboxylic acids is 1. The van der Waals surface area contributed by atoms with Crippen molar-refractivity contribution in [2.24, 2.45) is 0 Å². The molecule has 0 aromatic heterocycles. The van der Waals surface area contributed by atoms with Gasteiger partial charge < -0.3 is 14.4 Å². The molecule has 0 spiro atoms. The van der Waals surface area contributed by atoms with Gasteiger partial charge in [0.15, 0.2) is 0 Å². The number of ether oxygens (including phenoxy) is 2. The Kier molecular flexibility index (Phi) is 5.65. The van der Waals surface area contributed by atoms with Gasteiger partial charge in [-0.05, 0) is 25.5 Å². The third-order valence-corrected chi connectivity index (χ3v) is 2.77. The van der Waals surface area contributed by atoms with Gasteiger partial charge in [0.05, 0.1) is 12.7 Å². The second-order valence-electron chi connectivity index (χ2n) is 4.28. The number of benzene rings is 1. The van der Waals surface area contributed by atoms with Gasteiger partial charge in [-0.2, -0.15) is 0 Å². The van der Waals surface area contributed by atoms with Gasteiger partial charge in [-0.1, -0.05) is 11.6 Å². The molecule has 0 unspecified atom stereocenters. The number of aryl methyl sites for hydroxylation is 1. The van der Waals surface area contributed by atoms with E-state index < -0.39 is 0 Å². The molecule has 4 heteroatoms. The Morgan fingerprint density at radius 3 is 2.67 bits per heavy atom. The highest BCUT2D eigenvalue weighted by Crippen LogP contribution is 2.21. The van der Waals surface area contributed by atoms with Crippen LogP contribution in [0.15, 0.2) is 18.2 Å². The minimum atomic E-state index is -0.0216. The summed E-state index contributed by atoms with van der Waals surface area (Å²) in [6.07, 6.45) is 0.826. The van der Waals surface area contributed by atoms with Crippen LogP contribution in [-0.4, -0.2) is 45.2 Å². The SMILES string of the molecule is COCCCN(C)C(=O)c1cc(C)ccc1OC. The fraction of sp³-hybridized carbons (Fsp3) is 0.500. The molecule has 1 amide bonds. The third kappa shape index (κ3) is 3.74. The Morgan fingerprint density at radius 1 is 1.33 bits per heavy atom. The van der Waals surface area contributed by atoms with Crippen molar-refractivity contribution < 1.29 is 14.3 Å². The first kappa shape index (κ1) is 14.5. The van der Waals surface area contributed by atoms with Gasteiger partial charge in [-0.15, -0.1) is 0 Å². The van der Waals surface area contributed by atoms with E-state index in [1.807, 2.05) is 25.1 Å². The summed E-state index contributed by atoms with van der Waals surface area (Å²) in [4.78, 5) is 14.0. The zero-order valence-electron chi connectivity index (χ0n) is 11.5. The van der Waals surface area contributed by atoms with Crippen molar-refractivity contribution in [1.82, 2.24) is 4.90 Å². The number of nitrogens with zero attached hydrogens (tertiary/aromatic N) is 1. The maximum Gasteiger partial charge on any atom is 0.257 e. The van der Waals surface area contributed by atoms with Crippen LogP contribution < -0.4 is 4.74 Å². The van der Waals surface area contributed by atoms with E-state index in [4.69, 9.17) is 9.47 Å². The number of carbonyl (C=O) groups is 1. The molecule has 0 aliphatic rings. The molecule has 0 N–H and O–H groups in total. The third-order valence-electron chi connectivity index (χ3n) is 2.77. The van der Waals surface area contributed by atoms with Gasteiger partial charge in [0, 0.05) is 27.3 Å².